The van der Waals surface area contributed by atoms with Crippen LogP contribution in [-0.2, 0) is 4.79 Å². The van der Waals surface area contributed by atoms with Crippen LogP contribution in [0.2, 0.25) is 0 Å². The summed E-state index contributed by atoms with van der Waals surface area (Å²) in [6.07, 6.45) is 5.70. The number of benzene rings is 1. The fraction of sp³-hybridized carbons (Fsp3) is 0.263. The van der Waals surface area contributed by atoms with E-state index < -0.39 is 11.2 Å². The zero-order chi connectivity index (χ0) is 24.0. The molecule has 0 aliphatic heterocycles. The average Bonchev–Trinajstić information content (AvgIpc) is 3.47. The first kappa shape index (κ1) is 23.9. The van der Waals surface area contributed by atoms with Crippen molar-refractivity contribution in [3.63, 3.8) is 0 Å². The molecular formula is C19H19N7O6S. The topological polar surface area (TPSA) is 182 Å². The first-order valence-electron chi connectivity index (χ1n) is 9.58. The van der Waals surface area contributed by atoms with E-state index in [9.17, 15) is 20.0 Å². The Labute approximate surface area is 190 Å². The van der Waals surface area contributed by atoms with Crippen LogP contribution in [0.25, 0.3) is 11.2 Å². The predicted octanol–water partition coefficient (Wildman–Crippen LogP) is 2.41. The fourth-order valence-corrected chi connectivity index (χ4v) is 4.29. The molecule has 33 heavy (non-hydrogen) atoms. The molecule has 3 aromatic rings. The van der Waals surface area contributed by atoms with Gasteiger partial charge in [0.2, 0.25) is 12.4 Å². The Morgan fingerprint density at radius 2 is 2.06 bits per heavy atom. The number of hydrogen-bond donors (Lipinski definition) is 3. The summed E-state index contributed by atoms with van der Waals surface area (Å²) >= 11 is 1.02. The van der Waals surface area contributed by atoms with Gasteiger partial charge in [-0.2, -0.15) is 4.98 Å². The minimum absolute atomic E-state index is 0.0216. The summed E-state index contributed by atoms with van der Waals surface area (Å²) in [4.78, 5) is 48.8. The lowest BCUT2D eigenvalue weighted by Gasteiger charge is -2.19. The molecule has 0 radical (unpaired) electrons. The number of para-hydroxylation sites is 1. The number of nitro groups is 1. The van der Waals surface area contributed by atoms with Crippen molar-refractivity contribution in [3.05, 3.63) is 68.5 Å². The number of allylic oxidation sites excluding steroid dienone is 1. The molecular weight excluding hydrogens is 454 g/mol. The van der Waals surface area contributed by atoms with Crippen molar-refractivity contribution in [2.45, 2.75) is 30.5 Å². The first-order chi connectivity index (χ1) is 16.0. The molecule has 1 aliphatic carbocycles. The maximum Gasteiger partial charge on any atom is 0.284 e. The monoisotopic (exact) mass is 473 g/mol. The average molecular weight is 473 g/mol. The normalized spacial score (nSPS) is 17.9. The van der Waals surface area contributed by atoms with Crippen LogP contribution >= 0.6 is 11.9 Å². The number of rotatable bonds is 8. The molecule has 0 spiro atoms. The van der Waals surface area contributed by atoms with Crippen LogP contribution in [0.4, 0.5) is 11.6 Å². The number of anilines is 1. The van der Waals surface area contributed by atoms with Crippen molar-refractivity contribution < 1.29 is 14.8 Å². The number of amides is 1. The highest BCUT2D eigenvalue weighted by molar-refractivity contribution is 7.97. The van der Waals surface area contributed by atoms with Crippen LogP contribution < -0.4 is 10.0 Å². The van der Waals surface area contributed by atoms with E-state index in [1.54, 1.807) is 31.5 Å². The first-order valence-corrected chi connectivity index (χ1v) is 10.4. The Bertz CT molecular complexity index is 1190. The van der Waals surface area contributed by atoms with E-state index in [0.29, 0.717) is 34.6 Å². The molecule has 0 fully saturated rings. The lowest BCUT2D eigenvalue weighted by molar-refractivity contribution is -0.387. The summed E-state index contributed by atoms with van der Waals surface area (Å²) in [5, 5.41) is 24.2. The van der Waals surface area contributed by atoms with Gasteiger partial charge in [-0.15, -0.1) is 0 Å². The Balaban J connectivity index is 0.00000149. The molecule has 13 nitrogen and oxygen atoms in total. The largest absolute Gasteiger partial charge is 0.377 e. The van der Waals surface area contributed by atoms with E-state index >= 15 is 0 Å². The van der Waals surface area contributed by atoms with E-state index in [4.69, 9.17) is 9.93 Å². The van der Waals surface area contributed by atoms with Gasteiger partial charge in [-0.1, -0.05) is 24.3 Å². The number of hydrogen-bond acceptors (Lipinski definition) is 11. The minimum Gasteiger partial charge on any atom is -0.377 e. The number of aromatic nitrogens is 4. The van der Waals surface area contributed by atoms with Gasteiger partial charge < -0.3 is 9.67 Å². The van der Waals surface area contributed by atoms with Crippen molar-refractivity contribution in [1.82, 2.24) is 24.2 Å². The number of aryl methyl sites for hydroxylation is 1. The highest BCUT2D eigenvalue weighted by atomic mass is 32.2. The van der Waals surface area contributed by atoms with Crippen LogP contribution in [0.1, 0.15) is 18.2 Å². The number of fused-ring (bicyclic) bond motifs is 1. The fourth-order valence-electron chi connectivity index (χ4n) is 3.47. The quantitative estimate of drug-likeness (QED) is 0.109. The van der Waals surface area contributed by atoms with Crippen molar-refractivity contribution in [3.8, 4) is 0 Å². The molecule has 2 aromatic heterocycles. The number of nitrogens with one attached hydrogen (secondary N) is 2. The van der Waals surface area contributed by atoms with Crippen molar-refractivity contribution in [2.24, 2.45) is 5.92 Å². The lowest BCUT2D eigenvalue weighted by Crippen LogP contribution is -2.30. The van der Waals surface area contributed by atoms with Crippen molar-refractivity contribution >= 4 is 41.2 Å². The van der Waals surface area contributed by atoms with Gasteiger partial charge in [0.05, 0.1) is 23.0 Å². The van der Waals surface area contributed by atoms with Crippen LogP contribution in [0, 0.1) is 32.9 Å². The standard InChI is InChI=1S/C19H19N7O4S.O2/c1-11-16-17(23-19(22-11)21-10-27)25(9-20-16)13-7-6-12(8-13)18(28)24-31-15-5-3-2-4-14(15)26(29)30;1-2/h2-7,9-10,12-13,18,24,28H,8H2,1H3,(H,21,22,23,27);. The number of imidazole rings is 1. The molecule has 2 heterocycles. The number of nitrogens with zero attached hydrogens (tertiary/aromatic N) is 5. The highest BCUT2D eigenvalue weighted by Crippen LogP contribution is 2.33. The van der Waals surface area contributed by atoms with Gasteiger partial charge in [-0.3, -0.25) is 20.2 Å². The molecule has 1 aromatic carbocycles. The van der Waals surface area contributed by atoms with E-state index in [-0.39, 0.29) is 23.6 Å². The third kappa shape index (κ3) is 5.19. The predicted molar refractivity (Wildman–Crippen MR) is 121 cm³/mol. The Kier molecular flexibility index (Phi) is 7.76. The molecule has 0 bridgehead atoms. The Hall–Kier alpha value is -3.75. The second-order valence-corrected chi connectivity index (χ2v) is 7.84. The summed E-state index contributed by atoms with van der Waals surface area (Å²) in [5.41, 5.74) is 1.85. The zero-order valence-electron chi connectivity index (χ0n) is 17.2. The van der Waals surface area contributed by atoms with Gasteiger partial charge in [0.1, 0.15) is 16.6 Å². The summed E-state index contributed by atoms with van der Waals surface area (Å²) in [7, 11) is 0. The maximum atomic E-state index is 11.1. The third-order valence-corrected chi connectivity index (χ3v) is 5.92. The number of aliphatic hydroxyl groups is 1. The summed E-state index contributed by atoms with van der Waals surface area (Å²) in [6, 6.07) is 6.25. The van der Waals surface area contributed by atoms with Gasteiger partial charge in [0.25, 0.3) is 5.69 Å². The van der Waals surface area contributed by atoms with E-state index in [1.165, 1.54) is 6.07 Å². The van der Waals surface area contributed by atoms with Crippen LogP contribution in [0.3, 0.4) is 0 Å². The van der Waals surface area contributed by atoms with Gasteiger partial charge in [-0.25, -0.2) is 14.7 Å². The molecule has 0 saturated carbocycles. The molecule has 1 aliphatic rings. The second-order valence-electron chi connectivity index (χ2n) is 6.96. The molecule has 0 saturated heterocycles. The Morgan fingerprint density at radius 3 is 2.79 bits per heavy atom. The smallest absolute Gasteiger partial charge is 0.284 e. The highest BCUT2D eigenvalue weighted by Gasteiger charge is 2.28. The number of carbonyl (C=O) groups is 1. The van der Waals surface area contributed by atoms with Crippen LogP contribution in [0.5, 0.6) is 0 Å². The zero-order valence-corrected chi connectivity index (χ0v) is 18.0. The summed E-state index contributed by atoms with van der Waals surface area (Å²) < 4.78 is 4.76. The third-order valence-electron chi connectivity index (χ3n) is 4.99. The number of carbonyl (C=O) groups excluding carboxylic acids is 1. The maximum absolute atomic E-state index is 11.1. The Morgan fingerprint density at radius 1 is 1.30 bits per heavy atom. The number of aliphatic hydroxyl groups excluding tert-OH is 1. The summed E-state index contributed by atoms with van der Waals surface area (Å²) in [6.45, 7) is 1.79. The molecule has 1 amide bonds. The number of nitro benzene ring substituents is 1. The van der Waals surface area contributed by atoms with Gasteiger partial charge in [0, 0.05) is 21.9 Å². The molecule has 3 unspecified atom stereocenters. The van der Waals surface area contributed by atoms with Gasteiger partial charge >= 0.3 is 0 Å². The second kappa shape index (κ2) is 10.7. The lowest BCUT2D eigenvalue weighted by atomic mass is 10.1. The molecule has 3 atom stereocenters. The van der Waals surface area contributed by atoms with Crippen molar-refractivity contribution in [2.75, 3.05) is 5.32 Å². The van der Waals surface area contributed by atoms with Gasteiger partial charge in [0.15, 0.2) is 5.65 Å². The summed E-state index contributed by atoms with van der Waals surface area (Å²) in [5.74, 6) is -0.0175. The van der Waals surface area contributed by atoms with Crippen molar-refractivity contribution in [1.29, 1.82) is 0 Å². The molecule has 14 heteroatoms. The minimum atomic E-state index is -0.913. The van der Waals surface area contributed by atoms with E-state index in [0.717, 1.165) is 11.9 Å². The van der Waals surface area contributed by atoms with Crippen LogP contribution in [0.15, 0.2) is 47.6 Å². The van der Waals surface area contributed by atoms with E-state index in [1.807, 2.05) is 16.7 Å². The van der Waals surface area contributed by atoms with Crippen LogP contribution in [-0.4, -0.2) is 42.2 Å². The van der Waals surface area contributed by atoms with Gasteiger partial charge in [-0.05, 0) is 31.4 Å². The SMILES string of the molecule is Cc1nc(NC=O)nc2c1ncn2C1C=CC(C(O)NSc2ccccc2[N+](=O)[O-])C1.O=O. The molecule has 172 valence electrons. The molecule has 4 rings (SSSR count). The van der Waals surface area contributed by atoms with E-state index in [2.05, 4.69) is 25.0 Å². The molecule has 3 N–H and O–H groups in total.